The second-order valence-electron chi connectivity index (χ2n) is 4.29. The largest absolute Gasteiger partial charge is 0.398 e. The van der Waals surface area contributed by atoms with Gasteiger partial charge in [-0.15, -0.1) is 0 Å². The zero-order chi connectivity index (χ0) is 15.6. The summed E-state index contributed by atoms with van der Waals surface area (Å²) in [6.45, 7) is 0.172. The summed E-state index contributed by atoms with van der Waals surface area (Å²) >= 11 is 9.00. The Labute approximate surface area is 135 Å². The summed E-state index contributed by atoms with van der Waals surface area (Å²) in [6.07, 6.45) is 1.94. The second-order valence-corrected chi connectivity index (χ2v) is 7.25. The molecule has 0 aliphatic rings. The maximum atomic E-state index is 12.3. The summed E-state index contributed by atoms with van der Waals surface area (Å²) < 4.78 is 28.8. The molecule has 0 saturated carbocycles. The first-order chi connectivity index (χ1) is 9.79. The number of nitrogens with one attached hydrogen (secondary N) is 1. The molecule has 3 N–H and O–H groups in total. The van der Waals surface area contributed by atoms with Crippen LogP contribution in [0.1, 0.15) is 5.82 Å². The topological polar surface area (TPSA) is 103 Å². The van der Waals surface area contributed by atoms with Crippen LogP contribution in [0.5, 0.6) is 0 Å². The van der Waals surface area contributed by atoms with Gasteiger partial charge in [0.2, 0.25) is 10.0 Å². The van der Waals surface area contributed by atoms with Gasteiger partial charge in [-0.05, 0) is 28.1 Å². The Hall–Kier alpha value is -1.16. The Bertz CT molecular complexity index is 762. The van der Waals surface area contributed by atoms with Gasteiger partial charge in [-0.25, -0.2) is 18.1 Å². The Morgan fingerprint density at radius 2 is 2.19 bits per heavy atom. The van der Waals surface area contributed by atoms with E-state index in [2.05, 4.69) is 30.7 Å². The molecule has 21 heavy (non-hydrogen) atoms. The van der Waals surface area contributed by atoms with Crippen LogP contribution in [0.4, 0.5) is 5.69 Å². The van der Waals surface area contributed by atoms with Crippen molar-refractivity contribution >= 4 is 43.2 Å². The van der Waals surface area contributed by atoms with E-state index >= 15 is 0 Å². The van der Waals surface area contributed by atoms with Crippen molar-refractivity contribution in [3.05, 3.63) is 33.8 Å². The number of hydrogen-bond donors (Lipinski definition) is 2. The summed E-state index contributed by atoms with van der Waals surface area (Å²) in [5, 5.41) is 4.32. The number of nitrogens with zero attached hydrogens (tertiary/aromatic N) is 3. The van der Waals surface area contributed by atoms with Crippen LogP contribution in [-0.4, -0.2) is 29.7 Å². The number of rotatable bonds is 5. The Morgan fingerprint density at radius 1 is 1.48 bits per heavy atom. The predicted molar refractivity (Wildman–Crippen MR) is 83.5 cm³/mol. The van der Waals surface area contributed by atoms with Crippen molar-refractivity contribution in [2.45, 2.75) is 11.3 Å². The quantitative estimate of drug-likeness (QED) is 0.745. The second kappa shape index (κ2) is 6.30. The molecule has 0 spiro atoms. The maximum Gasteiger partial charge on any atom is 0.241 e. The lowest BCUT2D eigenvalue weighted by Gasteiger charge is -2.10. The lowest BCUT2D eigenvalue weighted by atomic mass is 10.3. The molecule has 0 amide bonds. The third-order valence-electron chi connectivity index (χ3n) is 2.61. The minimum Gasteiger partial charge on any atom is -0.398 e. The van der Waals surface area contributed by atoms with Crippen LogP contribution in [0.25, 0.3) is 0 Å². The SMILES string of the molecule is Cn1cnc(CCNS(=O)(=O)c2cc(Cl)cc(N)c2Br)n1. The first-order valence-electron chi connectivity index (χ1n) is 5.88. The number of benzene rings is 1. The molecule has 2 aromatic rings. The van der Waals surface area contributed by atoms with Crippen LogP contribution >= 0.6 is 27.5 Å². The Balaban J connectivity index is 2.12. The van der Waals surface area contributed by atoms with Crippen molar-refractivity contribution in [1.29, 1.82) is 0 Å². The van der Waals surface area contributed by atoms with Gasteiger partial charge in [-0.2, -0.15) is 5.10 Å². The minimum atomic E-state index is -3.72. The number of anilines is 1. The van der Waals surface area contributed by atoms with Crippen LogP contribution in [0.3, 0.4) is 0 Å². The number of aryl methyl sites for hydroxylation is 1. The molecule has 0 fully saturated rings. The standard InChI is InChI=1S/C11H13BrClN5O2S/c1-18-6-15-10(17-18)2-3-16-21(19,20)9-5-7(13)4-8(14)11(9)12/h4-6,16H,2-3,14H2,1H3. The van der Waals surface area contributed by atoms with Crippen LogP contribution in [0.2, 0.25) is 5.02 Å². The number of nitrogens with two attached hydrogens (primary N) is 1. The van der Waals surface area contributed by atoms with E-state index in [4.69, 9.17) is 17.3 Å². The third-order valence-corrected chi connectivity index (χ3v) is 5.46. The molecule has 2 rings (SSSR count). The molecule has 0 radical (unpaired) electrons. The molecule has 7 nitrogen and oxygen atoms in total. The summed E-state index contributed by atoms with van der Waals surface area (Å²) in [6, 6.07) is 2.81. The van der Waals surface area contributed by atoms with Crippen molar-refractivity contribution in [2.24, 2.45) is 7.05 Å². The third kappa shape index (κ3) is 3.94. The molecule has 1 aromatic heterocycles. The average Bonchev–Trinajstić information content (AvgIpc) is 2.79. The monoisotopic (exact) mass is 393 g/mol. The Morgan fingerprint density at radius 3 is 2.81 bits per heavy atom. The zero-order valence-corrected chi connectivity index (χ0v) is 14.2. The highest BCUT2D eigenvalue weighted by Crippen LogP contribution is 2.31. The van der Waals surface area contributed by atoms with Gasteiger partial charge in [-0.1, -0.05) is 11.6 Å². The van der Waals surface area contributed by atoms with E-state index in [-0.39, 0.29) is 26.6 Å². The van der Waals surface area contributed by atoms with Crippen LogP contribution in [0.15, 0.2) is 27.8 Å². The molecule has 0 aliphatic heterocycles. The van der Waals surface area contributed by atoms with Gasteiger partial charge < -0.3 is 5.73 Å². The summed E-state index contributed by atoms with van der Waals surface area (Å²) in [4.78, 5) is 4.02. The van der Waals surface area contributed by atoms with E-state index in [1.54, 1.807) is 18.1 Å². The van der Waals surface area contributed by atoms with Gasteiger partial charge in [0.15, 0.2) is 5.82 Å². The van der Waals surface area contributed by atoms with Gasteiger partial charge in [0.25, 0.3) is 0 Å². The lowest BCUT2D eigenvalue weighted by Crippen LogP contribution is -2.26. The van der Waals surface area contributed by atoms with E-state index in [9.17, 15) is 8.42 Å². The van der Waals surface area contributed by atoms with Crippen LogP contribution < -0.4 is 10.5 Å². The Kier molecular flexibility index (Phi) is 4.87. The molecule has 1 heterocycles. The van der Waals surface area contributed by atoms with E-state index < -0.39 is 10.0 Å². The molecule has 0 aliphatic carbocycles. The first kappa shape index (κ1) is 16.2. The molecular weight excluding hydrogens is 382 g/mol. The fourth-order valence-corrected chi connectivity index (χ4v) is 3.98. The molecule has 1 aromatic carbocycles. The van der Waals surface area contributed by atoms with Crippen molar-refractivity contribution in [3.8, 4) is 0 Å². The molecule has 10 heteroatoms. The van der Waals surface area contributed by atoms with Crippen molar-refractivity contribution in [1.82, 2.24) is 19.5 Å². The first-order valence-corrected chi connectivity index (χ1v) is 8.53. The summed E-state index contributed by atoms with van der Waals surface area (Å²) in [5.41, 5.74) is 5.95. The molecule has 0 bridgehead atoms. The van der Waals surface area contributed by atoms with E-state index in [1.165, 1.54) is 12.1 Å². The molecule has 0 saturated heterocycles. The number of sulfonamides is 1. The van der Waals surface area contributed by atoms with Gasteiger partial charge >= 0.3 is 0 Å². The molecule has 0 unspecified atom stereocenters. The molecular formula is C11H13BrClN5O2S. The lowest BCUT2D eigenvalue weighted by molar-refractivity contribution is 0.580. The normalized spacial score (nSPS) is 11.8. The highest BCUT2D eigenvalue weighted by molar-refractivity contribution is 9.10. The maximum absolute atomic E-state index is 12.3. The van der Waals surface area contributed by atoms with Crippen molar-refractivity contribution in [3.63, 3.8) is 0 Å². The average molecular weight is 395 g/mol. The smallest absolute Gasteiger partial charge is 0.241 e. The fraction of sp³-hybridized carbons (Fsp3) is 0.273. The van der Waals surface area contributed by atoms with Gasteiger partial charge in [-0.3, -0.25) is 4.68 Å². The van der Waals surface area contributed by atoms with Crippen molar-refractivity contribution in [2.75, 3.05) is 12.3 Å². The minimum absolute atomic E-state index is 0.00137. The number of aromatic nitrogens is 3. The van der Waals surface area contributed by atoms with Crippen LogP contribution in [-0.2, 0) is 23.5 Å². The highest BCUT2D eigenvalue weighted by Gasteiger charge is 2.20. The predicted octanol–water partition coefficient (Wildman–Crippen LogP) is 1.33. The highest BCUT2D eigenvalue weighted by atomic mass is 79.9. The number of nitrogen functional groups attached to an aromatic ring is 1. The number of hydrogen-bond acceptors (Lipinski definition) is 5. The zero-order valence-electron chi connectivity index (χ0n) is 11.0. The van der Waals surface area contributed by atoms with Gasteiger partial charge in [0.05, 0.1) is 9.37 Å². The molecule has 0 atom stereocenters. The van der Waals surface area contributed by atoms with E-state index in [0.29, 0.717) is 12.2 Å². The summed E-state index contributed by atoms with van der Waals surface area (Å²) in [5.74, 6) is 0.560. The fourth-order valence-electron chi connectivity index (χ4n) is 1.65. The van der Waals surface area contributed by atoms with Crippen LogP contribution in [0, 0.1) is 0 Å². The van der Waals surface area contributed by atoms with E-state index in [1.807, 2.05) is 0 Å². The van der Waals surface area contributed by atoms with Crippen molar-refractivity contribution < 1.29 is 8.42 Å². The van der Waals surface area contributed by atoms with Gasteiger partial charge in [0, 0.05) is 30.7 Å². The molecule has 114 valence electrons. The number of halogens is 2. The van der Waals surface area contributed by atoms with E-state index in [0.717, 1.165) is 0 Å². The van der Waals surface area contributed by atoms with Gasteiger partial charge in [0.1, 0.15) is 6.33 Å². The summed E-state index contributed by atoms with van der Waals surface area (Å²) in [7, 11) is -1.98.